The number of azo groups is 1. The molecule has 1 N–H and O–H groups in total. The molecule has 3 aromatic rings. The average Bonchev–Trinajstić information content (AvgIpc) is 2.86. The van der Waals surface area contributed by atoms with Crippen molar-refractivity contribution in [3.63, 3.8) is 0 Å². The summed E-state index contributed by atoms with van der Waals surface area (Å²) in [6.07, 6.45) is 0. The van der Waals surface area contributed by atoms with Crippen molar-refractivity contribution in [2.75, 3.05) is 20.9 Å². The van der Waals surface area contributed by atoms with Crippen molar-refractivity contribution in [2.45, 2.75) is 0 Å². The zero-order valence-electron chi connectivity index (χ0n) is 18.7. The molecular formula is C22H22N2O5P2S4. The largest absolute Gasteiger partial charge is 0.504 e. The maximum Gasteiger partial charge on any atom is 0.298 e. The Morgan fingerprint density at radius 1 is 0.914 bits per heavy atom. The lowest BCUT2D eigenvalue weighted by atomic mass is 10.3. The molecule has 4 rings (SSSR count). The molecule has 184 valence electrons. The fourth-order valence-corrected chi connectivity index (χ4v) is 45.0. The topological polar surface area (TPSA) is 89.7 Å². The third-order valence-corrected chi connectivity index (χ3v) is 35.7. The van der Waals surface area contributed by atoms with E-state index in [2.05, 4.69) is 27.1 Å². The third-order valence-electron chi connectivity index (χ3n) is 4.44. The van der Waals surface area contributed by atoms with Crippen LogP contribution in [-0.2, 0) is 28.4 Å². The number of ether oxygens (including phenoxy) is 3. The molecule has 1 fully saturated rings. The molecule has 0 bridgehead atoms. The van der Waals surface area contributed by atoms with E-state index in [-0.39, 0.29) is 24.7 Å². The molecule has 1 heterocycles. The second kappa shape index (κ2) is 12.9. The van der Waals surface area contributed by atoms with Crippen molar-refractivity contribution in [3.05, 3.63) is 72.8 Å². The van der Waals surface area contributed by atoms with E-state index in [0.29, 0.717) is 0 Å². The van der Waals surface area contributed by atoms with Crippen LogP contribution >= 0.6 is 30.9 Å². The third kappa shape index (κ3) is 7.32. The second-order valence-corrected chi connectivity index (χ2v) is 27.9. The number of nitrogens with zero attached hydrogens (tertiary/aromatic N) is 2. The first-order chi connectivity index (χ1) is 16.8. The molecule has 1 saturated heterocycles. The molecule has 0 aliphatic carbocycles. The monoisotopic (exact) mass is 584 g/mol. The van der Waals surface area contributed by atoms with E-state index in [9.17, 15) is 4.79 Å². The summed E-state index contributed by atoms with van der Waals surface area (Å²) in [7, 11) is 3.29. The minimum absolute atomic E-state index is 0.0328. The highest BCUT2D eigenvalue weighted by Gasteiger charge is 2.45. The summed E-state index contributed by atoms with van der Waals surface area (Å²) in [5.41, 5.74) is 0. The molecular weight excluding hydrogens is 562 g/mol. The highest BCUT2D eigenvalue weighted by molar-refractivity contribution is 9.48. The first-order valence-corrected chi connectivity index (χ1v) is 19.6. The van der Waals surface area contributed by atoms with Crippen LogP contribution in [-0.4, -0.2) is 32.5 Å². The molecule has 3 aromatic carbocycles. The summed E-state index contributed by atoms with van der Waals surface area (Å²) in [6.45, 7) is 0.501. The molecule has 7 nitrogen and oxygen atoms in total. The zero-order chi connectivity index (χ0) is 25.3. The molecule has 0 amide bonds. The van der Waals surface area contributed by atoms with E-state index in [1.54, 1.807) is 26.3 Å². The lowest BCUT2D eigenvalue weighted by molar-refractivity contribution is -0.120. The zero-order valence-corrected chi connectivity index (χ0v) is 23.8. The number of carbonyl (C=O) groups excluding carboxylic acids is 1. The fraction of sp³-hybridized carbons (Fsp3) is 0.136. The average molecular weight is 585 g/mol. The van der Waals surface area contributed by atoms with E-state index < -0.39 is 8.88 Å². The summed E-state index contributed by atoms with van der Waals surface area (Å²) in [5, 5.41) is 18.8. The molecule has 0 unspecified atom stereocenters. The van der Waals surface area contributed by atoms with Gasteiger partial charge in [0.15, 0.2) is 18.2 Å². The predicted molar refractivity (Wildman–Crippen MR) is 154 cm³/mol. The van der Waals surface area contributed by atoms with Crippen LogP contribution in [0.25, 0.3) is 0 Å². The summed E-state index contributed by atoms with van der Waals surface area (Å²) in [6, 6.07) is 22.3. The molecule has 0 atom stereocenters. The molecule has 0 radical (unpaired) electrons. The number of aromatic hydroxyl groups is 1. The van der Waals surface area contributed by atoms with Crippen LogP contribution < -0.4 is 24.8 Å². The summed E-state index contributed by atoms with van der Waals surface area (Å²) in [5.74, 6) is 1.76. The van der Waals surface area contributed by atoms with Crippen molar-refractivity contribution in [1.82, 2.24) is 0 Å². The van der Waals surface area contributed by atoms with Crippen molar-refractivity contribution >= 4 is 71.6 Å². The molecule has 0 aromatic heterocycles. The highest BCUT2D eigenvalue weighted by Crippen LogP contribution is 3.04. The lowest BCUT2D eigenvalue weighted by Gasteiger charge is -2.40. The Hall–Kier alpha value is -1.87. The van der Waals surface area contributed by atoms with Gasteiger partial charge in [0.05, 0.1) is 16.0 Å². The Balaban J connectivity index is 0.000000287. The van der Waals surface area contributed by atoms with E-state index in [4.69, 9.17) is 38.2 Å². The maximum absolute atomic E-state index is 9.79. The number of phenols is 1. The van der Waals surface area contributed by atoms with Crippen LogP contribution in [0.4, 0.5) is 0 Å². The number of hydrogen-bond donors (Lipinski definition) is 1. The van der Waals surface area contributed by atoms with Gasteiger partial charge in [0.2, 0.25) is 0 Å². The van der Waals surface area contributed by atoms with Gasteiger partial charge in [-0.15, -0.1) is 0 Å². The Kier molecular flexibility index (Phi) is 10.2. The quantitative estimate of drug-likeness (QED) is 0.192. The first kappa shape index (κ1) is 27.7. The van der Waals surface area contributed by atoms with Gasteiger partial charge >= 0.3 is 0 Å². The molecule has 0 spiro atoms. The van der Waals surface area contributed by atoms with Crippen LogP contribution in [0.1, 0.15) is 0 Å². The van der Waals surface area contributed by atoms with Gasteiger partial charge in [0.1, 0.15) is 11.5 Å². The Morgan fingerprint density at radius 2 is 1.46 bits per heavy atom. The van der Waals surface area contributed by atoms with E-state index in [1.807, 2.05) is 58.4 Å². The van der Waals surface area contributed by atoms with Crippen molar-refractivity contribution in [3.8, 4) is 23.0 Å². The SMILES string of the molecule is CN=NCOc1ccc(P2(=S)SP(=S)(c3ccc(OC)cc3)S2)cc1.O=COc1ccccc1O. The Morgan fingerprint density at radius 3 is 1.94 bits per heavy atom. The van der Waals surface area contributed by atoms with Crippen molar-refractivity contribution in [2.24, 2.45) is 10.2 Å². The van der Waals surface area contributed by atoms with Crippen molar-refractivity contribution in [1.29, 1.82) is 0 Å². The molecule has 1 aliphatic rings. The first-order valence-electron chi connectivity index (χ1n) is 9.98. The highest BCUT2D eigenvalue weighted by atomic mass is 33.7. The van der Waals surface area contributed by atoms with Gasteiger partial charge in [-0.25, -0.2) is 0 Å². The van der Waals surface area contributed by atoms with Gasteiger partial charge in [0.25, 0.3) is 6.47 Å². The minimum atomic E-state index is -1.72. The molecule has 1 aliphatic heterocycles. The number of hydrogen-bond acceptors (Lipinski definition) is 11. The number of phenolic OH excluding ortho intramolecular Hbond substituents is 1. The van der Waals surface area contributed by atoms with Gasteiger partial charge in [-0.05, 0) is 60.7 Å². The van der Waals surface area contributed by atoms with Gasteiger partial charge in [-0.1, -0.05) is 57.7 Å². The fourth-order valence-electron chi connectivity index (χ4n) is 2.74. The van der Waals surface area contributed by atoms with E-state index in [1.165, 1.54) is 22.7 Å². The number of rotatable bonds is 8. The Bertz CT molecular complexity index is 1260. The Labute approximate surface area is 221 Å². The molecule has 13 heteroatoms. The summed E-state index contributed by atoms with van der Waals surface area (Å²) >= 11 is 15.5. The van der Waals surface area contributed by atoms with Crippen molar-refractivity contribution < 1.29 is 24.1 Å². The minimum Gasteiger partial charge on any atom is -0.504 e. The van der Waals surface area contributed by atoms with Gasteiger partial charge in [-0.2, -0.15) is 10.2 Å². The lowest BCUT2D eigenvalue weighted by Crippen LogP contribution is -2.09. The molecule has 35 heavy (non-hydrogen) atoms. The van der Waals surface area contributed by atoms with Crippen LogP contribution in [0.2, 0.25) is 0 Å². The van der Waals surface area contributed by atoms with Crippen LogP contribution in [0.15, 0.2) is 83.0 Å². The van der Waals surface area contributed by atoms with Gasteiger partial charge < -0.3 is 19.3 Å². The van der Waals surface area contributed by atoms with E-state index >= 15 is 0 Å². The van der Waals surface area contributed by atoms with Gasteiger partial charge in [-0.3, -0.25) is 4.79 Å². The normalized spacial score (nSPS) is 20.7. The number of carbonyl (C=O) groups is 1. The van der Waals surface area contributed by atoms with Gasteiger partial charge in [0, 0.05) is 17.7 Å². The van der Waals surface area contributed by atoms with Crippen LogP contribution in [0.3, 0.4) is 0 Å². The molecule has 0 saturated carbocycles. The van der Waals surface area contributed by atoms with Crippen LogP contribution in [0, 0.1) is 0 Å². The summed E-state index contributed by atoms with van der Waals surface area (Å²) in [4.78, 5) is 9.79. The number of para-hydroxylation sites is 2. The predicted octanol–water partition coefficient (Wildman–Crippen LogP) is 6.09. The standard InChI is InChI=1S/C15H16N2O2P2S4.C7H6O3/c1-16-17-11-19-13-5-9-15(10-6-13)21(23)24-20(22,25-21)14-7-3-12(18-2)4-8-14;8-5-10-7-4-2-1-3-6(7)9/h3-10H,11H2,1-2H3;1-5,9H. The van der Waals surface area contributed by atoms with Crippen LogP contribution in [0.5, 0.6) is 23.0 Å². The second-order valence-electron chi connectivity index (χ2n) is 6.65. The number of benzene rings is 3. The van der Waals surface area contributed by atoms with E-state index in [0.717, 1.165) is 11.5 Å². The smallest absolute Gasteiger partial charge is 0.298 e. The summed E-state index contributed by atoms with van der Waals surface area (Å²) < 4.78 is 11.7. The number of methoxy groups -OCH3 is 1. The maximum atomic E-state index is 9.79.